The van der Waals surface area contributed by atoms with Crippen LogP contribution in [0.3, 0.4) is 0 Å². The average Bonchev–Trinajstić information content (AvgIpc) is 2.43. The first-order valence-electron chi connectivity index (χ1n) is 5.61. The third kappa shape index (κ3) is 3.81. The van der Waals surface area contributed by atoms with E-state index >= 15 is 0 Å². The van der Waals surface area contributed by atoms with Crippen LogP contribution in [0.1, 0.15) is 15.9 Å². The van der Waals surface area contributed by atoms with E-state index < -0.39 is 5.91 Å². The maximum atomic E-state index is 11.7. The van der Waals surface area contributed by atoms with Crippen molar-refractivity contribution in [2.45, 2.75) is 6.61 Å². The van der Waals surface area contributed by atoms with Crippen LogP contribution in [0.15, 0.2) is 53.0 Å². The highest BCUT2D eigenvalue weighted by Crippen LogP contribution is 2.24. The normalized spacial score (nSPS) is 10.2. The van der Waals surface area contributed by atoms with E-state index in [2.05, 4.69) is 21.4 Å². The van der Waals surface area contributed by atoms with Crippen molar-refractivity contribution in [3.8, 4) is 5.75 Å². The zero-order valence-electron chi connectivity index (χ0n) is 9.97. The SMILES string of the molecule is O=C(NOCc1ccccc1)c1ccc(Br)c(O)c1. The molecule has 0 saturated carbocycles. The van der Waals surface area contributed by atoms with Crippen molar-refractivity contribution in [1.29, 1.82) is 0 Å². The van der Waals surface area contributed by atoms with Crippen molar-refractivity contribution in [3.05, 3.63) is 64.1 Å². The van der Waals surface area contributed by atoms with Crippen LogP contribution in [-0.2, 0) is 11.4 Å². The smallest absolute Gasteiger partial charge is 0.274 e. The Hall–Kier alpha value is -1.85. The van der Waals surface area contributed by atoms with E-state index in [1.807, 2.05) is 30.3 Å². The van der Waals surface area contributed by atoms with E-state index in [1.54, 1.807) is 12.1 Å². The minimum absolute atomic E-state index is 0.00992. The number of benzene rings is 2. The molecule has 2 rings (SSSR count). The zero-order valence-corrected chi connectivity index (χ0v) is 11.6. The molecule has 0 bridgehead atoms. The highest BCUT2D eigenvalue weighted by Gasteiger charge is 2.08. The van der Waals surface area contributed by atoms with Gasteiger partial charge in [-0.2, -0.15) is 0 Å². The van der Waals surface area contributed by atoms with Crippen molar-refractivity contribution in [2.24, 2.45) is 0 Å². The molecule has 0 heterocycles. The third-order valence-electron chi connectivity index (χ3n) is 2.45. The molecular formula is C14H12BrNO3. The van der Waals surface area contributed by atoms with Crippen molar-refractivity contribution in [1.82, 2.24) is 5.48 Å². The summed E-state index contributed by atoms with van der Waals surface area (Å²) in [7, 11) is 0. The van der Waals surface area contributed by atoms with Gasteiger partial charge in [0, 0.05) is 5.56 Å². The lowest BCUT2D eigenvalue weighted by Gasteiger charge is -2.06. The molecule has 0 atom stereocenters. The van der Waals surface area contributed by atoms with Gasteiger partial charge in [0.1, 0.15) is 5.75 Å². The first kappa shape index (κ1) is 13.6. The second-order valence-corrected chi connectivity index (χ2v) is 4.73. The van der Waals surface area contributed by atoms with Crippen LogP contribution >= 0.6 is 15.9 Å². The summed E-state index contributed by atoms with van der Waals surface area (Å²) in [6, 6.07) is 14.1. The number of carbonyl (C=O) groups is 1. The molecule has 0 radical (unpaired) electrons. The number of amides is 1. The van der Waals surface area contributed by atoms with Gasteiger partial charge in [-0.25, -0.2) is 5.48 Å². The van der Waals surface area contributed by atoms with Crippen molar-refractivity contribution in [2.75, 3.05) is 0 Å². The predicted octanol–water partition coefficient (Wildman–Crippen LogP) is 3.02. The van der Waals surface area contributed by atoms with Gasteiger partial charge in [0.15, 0.2) is 0 Å². The van der Waals surface area contributed by atoms with E-state index in [4.69, 9.17) is 4.84 Å². The number of hydrogen-bond donors (Lipinski definition) is 2. The van der Waals surface area contributed by atoms with Crippen LogP contribution in [0.4, 0.5) is 0 Å². The summed E-state index contributed by atoms with van der Waals surface area (Å²) in [5, 5.41) is 9.48. The van der Waals surface area contributed by atoms with Crippen LogP contribution in [-0.4, -0.2) is 11.0 Å². The summed E-state index contributed by atoms with van der Waals surface area (Å²) in [5.74, 6) is -0.394. The summed E-state index contributed by atoms with van der Waals surface area (Å²) in [5.41, 5.74) is 3.62. The average molecular weight is 322 g/mol. The van der Waals surface area contributed by atoms with Gasteiger partial charge in [-0.05, 0) is 39.7 Å². The first-order valence-corrected chi connectivity index (χ1v) is 6.40. The highest BCUT2D eigenvalue weighted by atomic mass is 79.9. The van der Waals surface area contributed by atoms with E-state index in [9.17, 15) is 9.90 Å². The quantitative estimate of drug-likeness (QED) is 0.851. The second kappa shape index (κ2) is 6.36. The number of hydroxylamine groups is 1. The van der Waals surface area contributed by atoms with Gasteiger partial charge in [-0.1, -0.05) is 30.3 Å². The Bertz CT molecular complexity index is 572. The minimum atomic E-state index is -0.404. The molecule has 19 heavy (non-hydrogen) atoms. The van der Waals surface area contributed by atoms with E-state index in [1.165, 1.54) is 6.07 Å². The Morgan fingerprint density at radius 1 is 1.21 bits per heavy atom. The summed E-state index contributed by atoms with van der Waals surface area (Å²) < 4.78 is 0.536. The molecule has 1 amide bonds. The molecular weight excluding hydrogens is 310 g/mol. The van der Waals surface area contributed by atoms with Gasteiger partial charge in [-0.15, -0.1) is 0 Å². The van der Waals surface area contributed by atoms with Crippen molar-refractivity contribution < 1.29 is 14.7 Å². The fraction of sp³-hybridized carbons (Fsp3) is 0.0714. The Labute approximate surface area is 119 Å². The summed E-state index contributed by atoms with van der Waals surface area (Å²) in [6.07, 6.45) is 0. The van der Waals surface area contributed by atoms with Gasteiger partial charge < -0.3 is 5.11 Å². The van der Waals surface area contributed by atoms with Crippen LogP contribution in [0.25, 0.3) is 0 Å². The molecule has 2 N–H and O–H groups in total. The van der Waals surface area contributed by atoms with E-state index in [-0.39, 0.29) is 12.4 Å². The maximum Gasteiger partial charge on any atom is 0.274 e. The number of aromatic hydroxyl groups is 1. The third-order valence-corrected chi connectivity index (χ3v) is 3.13. The molecule has 0 unspecified atom stereocenters. The topological polar surface area (TPSA) is 58.6 Å². The molecule has 98 valence electrons. The Kier molecular flexibility index (Phi) is 4.54. The lowest BCUT2D eigenvalue weighted by molar-refractivity contribution is 0.0233. The largest absolute Gasteiger partial charge is 0.507 e. The van der Waals surface area contributed by atoms with E-state index in [0.717, 1.165) is 5.56 Å². The lowest BCUT2D eigenvalue weighted by Crippen LogP contribution is -2.23. The summed E-state index contributed by atoms with van der Waals surface area (Å²) >= 11 is 3.15. The van der Waals surface area contributed by atoms with Gasteiger partial charge >= 0.3 is 0 Å². The lowest BCUT2D eigenvalue weighted by atomic mass is 10.2. The van der Waals surface area contributed by atoms with Crippen LogP contribution in [0.5, 0.6) is 5.75 Å². The number of rotatable bonds is 4. The van der Waals surface area contributed by atoms with Crippen LogP contribution in [0.2, 0.25) is 0 Å². The monoisotopic (exact) mass is 321 g/mol. The predicted molar refractivity (Wildman–Crippen MR) is 74.5 cm³/mol. The second-order valence-electron chi connectivity index (χ2n) is 3.87. The molecule has 0 aliphatic rings. The molecule has 0 spiro atoms. The Balaban J connectivity index is 1.89. The molecule has 0 aliphatic heterocycles. The van der Waals surface area contributed by atoms with Crippen LogP contribution < -0.4 is 5.48 Å². The number of phenols is 1. The zero-order chi connectivity index (χ0) is 13.7. The van der Waals surface area contributed by atoms with Gasteiger partial charge in [0.25, 0.3) is 5.91 Å². The van der Waals surface area contributed by atoms with Crippen LogP contribution in [0, 0.1) is 0 Å². The summed E-state index contributed by atoms with van der Waals surface area (Å²) in [4.78, 5) is 16.8. The number of carbonyl (C=O) groups excluding carboxylic acids is 1. The van der Waals surface area contributed by atoms with Gasteiger partial charge in [0.05, 0.1) is 11.1 Å². The van der Waals surface area contributed by atoms with Crippen molar-refractivity contribution in [3.63, 3.8) is 0 Å². The van der Waals surface area contributed by atoms with Gasteiger partial charge in [0.2, 0.25) is 0 Å². The molecule has 0 saturated heterocycles. The molecule has 2 aromatic carbocycles. The molecule has 0 fully saturated rings. The molecule has 4 nitrogen and oxygen atoms in total. The van der Waals surface area contributed by atoms with E-state index in [0.29, 0.717) is 10.0 Å². The summed E-state index contributed by atoms with van der Waals surface area (Å²) in [6.45, 7) is 0.287. The number of halogens is 1. The number of phenolic OH excluding ortho intramolecular Hbond substituents is 1. The maximum absolute atomic E-state index is 11.7. The Morgan fingerprint density at radius 3 is 2.63 bits per heavy atom. The van der Waals surface area contributed by atoms with Gasteiger partial charge in [-0.3, -0.25) is 9.63 Å². The number of hydrogen-bond acceptors (Lipinski definition) is 3. The standard InChI is InChI=1S/C14H12BrNO3/c15-12-7-6-11(8-13(12)17)14(18)16-19-9-10-4-2-1-3-5-10/h1-8,17H,9H2,(H,16,18). The molecule has 5 heteroatoms. The molecule has 0 aromatic heterocycles. The minimum Gasteiger partial charge on any atom is -0.507 e. The molecule has 0 aliphatic carbocycles. The van der Waals surface area contributed by atoms with Crippen molar-refractivity contribution >= 4 is 21.8 Å². The number of nitrogens with one attached hydrogen (secondary N) is 1. The fourth-order valence-corrected chi connectivity index (χ4v) is 1.72. The highest BCUT2D eigenvalue weighted by molar-refractivity contribution is 9.10. The fourth-order valence-electron chi connectivity index (χ4n) is 1.47. The molecule has 2 aromatic rings. The Morgan fingerprint density at radius 2 is 1.95 bits per heavy atom. The first-order chi connectivity index (χ1) is 9.16.